The maximum Gasteiger partial charge on any atom is 0.274 e. The fraction of sp³-hybridized carbons (Fsp3) is 0.227. The average Bonchev–Trinajstić information content (AvgIpc) is 2.69. The highest BCUT2D eigenvalue weighted by molar-refractivity contribution is 6.03. The van der Waals surface area contributed by atoms with Gasteiger partial charge in [-0.25, -0.2) is 9.97 Å². The number of aryl methyl sites for hydroxylation is 1. The molecule has 0 bridgehead atoms. The molecule has 0 atom stereocenters. The molecule has 7 nitrogen and oxygen atoms in total. The molecule has 0 spiro atoms. The highest BCUT2D eigenvalue weighted by Gasteiger charge is 2.13. The van der Waals surface area contributed by atoms with Crippen molar-refractivity contribution in [3.8, 4) is 11.5 Å². The van der Waals surface area contributed by atoms with E-state index in [1.807, 2.05) is 57.2 Å². The summed E-state index contributed by atoms with van der Waals surface area (Å²) in [7, 11) is 1.59. The number of nitrogens with zero attached hydrogens (tertiary/aromatic N) is 2. The summed E-state index contributed by atoms with van der Waals surface area (Å²) >= 11 is 0. The van der Waals surface area contributed by atoms with E-state index in [0.29, 0.717) is 23.1 Å². The van der Waals surface area contributed by atoms with E-state index in [0.717, 1.165) is 11.3 Å². The van der Waals surface area contributed by atoms with Crippen LogP contribution in [0.3, 0.4) is 0 Å². The Labute approximate surface area is 170 Å². The molecule has 0 saturated carbocycles. The molecule has 29 heavy (non-hydrogen) atoms. The zero-order valence-corrected chi connectivity index (χ0v) is 16.9. The van der Waals surface area contributed by atoms with Gasteiger partial charge in [-0.1, -0.05) is 18.2 Å². The van der Waals surface area contributed by atoms with Gasteiger partial charge in [0, 0.05) is 6.20 Å². The number of methoxy groups -OCH3 is 1. The first-order valence-corrected chi connectivity index (χ1v) is 9.28. The van der Waals surface area contributed by atoms with Gasteiger partial charge in [0.15, 0.2) is 0 Å². The first-order valence-electron chi connectivity index (χ1n) is 9.28. The van der Waals surface area contributed by atoms with Crippen LogP contribution in [0.15, 0.2) is 54.7 Å². The summed E-state index contributed by atoms with van der Waals surface area (Å²) in [6.45, 7) is 5.84. The summed E-state index contributed by atoms with van der Waals surface area (Å²) in [4.78, 5) is 21.3. The predicted octanol–water partition coefficient (Wildman–Crippen LogP) is 4.58. The molecular formula is C22H24N4O3. The highest BCUT2D eigenvalue weighted by Crippen LogP contribution is 2.28. The van der Waals surface area contributed by atoms with Crippen molar-refractivity contribution in [3.05, 3.63) is 66.0 Å². The van der Waals surface area contributed by atoms with E-state index in [2.05, 4.69) is 20.6 Å². The predicted molar refractivity (Wildman–Crippen MR) is 113 cm³/mol. The Morgan fingerprint density at radius 3 is 2.59 bits per heavy atom. The van der Waals surface area contributed by atoms with Crippen LogP contribution in [0, 0.1) is 6.92 Å². The molecule has 2 aromatic carbocycles. The van der Waals surface area contributed by atoms with Crippen molar-refractivity contribution in [2.45, 2.75) is 26.9 Å². The normalized spacial score (nSPS) is 10.5. The highest BCUT2D eigenvalue weighted by atomic mass is 16.5. The molecule has 0 aliphatic heterocycles. The SMILES string of the molecule is COc1ccc(C)cc1Nc1nccc(C(=O)Nc2ccccc2OC(C)C)n1. The summed E-state index contributed by atoms with van der Waals surface area (Å²) in [5.41, 5.74) is 2.60. The minimum absolute atomic E-state index is 0.00721. The van der Waals surface area contributed by atoms with E-state index in [1.165, 1.54) is 6.20 Å². The monoisotopic (exact) mass is 392 g/mol. The van der Waals surface area contributed by atoms with Crippen LogP contribution in [0.4, 0.5) is 17.3 Å². The zero-order valence-electron chi connectivity index (χ0n) is 16.9. The van der Waals surface area contributed by atoms with Gasteiger partial charge in [-0.2, -0.15) is 0 Å². The summed E-state index contributed by atoms with van der Waals surface area (Å²) < 4.78 is 11.1. The topological polar surface area (TPSA) is 85.4 Å². The third-order valence-electron chi connectivity index (χ3n) is 3.99. The van der Waals surface area contributed by atoms with Crippen LogP contribution >= 0.6 is 0 Å². The van der Waals surface area contributed by atoms with Gasteiger partial charge in [0.05, 0.1) is 24.6 Å². The number of carbonyl (C=O) groups is 1. The molecule has 150 valence electrons. The smallest absolute Gasteiger partial charge is 0.274 e. The third-order valence-corrected chi connectivity index (χ3v) is 3.99. The first-order chi connectivity index (χ1) is 14.0. The number of hydrogen-bond donors (Lipinski definition) is 2. The van der Waals surface area contributed by atoms with Gasteiger partial charge < -0.3 is 20.1 Å². The quantitative estimate of drug-likeness (QED) is 0.612. The maximum atomic E-state index is 12.7. The van der Waals surface area contributed by atoms with Crippen LogP contribution in [0.25, 0.3) is 0 Å². The van der Waals surface area contributed by atoms with E-state index in [1.54, 1.807) is 19.2 Å². The summed E-state index contributed by atoms with van der Waals surface area (Å²) in [5.74, 6) is 1.21. The lowest BCUT2D eigenvalue weighted by atomic mass is 10.2. The summed E-state index contributed by atoms with van der Waals surface area (Å²) in [6, 6.07) is 14.6. The second kappa shape index (κ2) is 9.05. The van der Waals surface area contributed by atoms with Crippen LogP contribution < -0.4 is 20.1 Å². The lowest BCUT2D eigenvalue weighted by Gasteiger charge is -2.15. The van der Waals surface area contributed by atoms with Crippen molar-refractivity contribution < 1.29 is 14.3 Å². The van der Waals surface area contributed by atoms with Crippen LogP contribution in [0.1, 0.15) is 29.9 Å². The number of aromatic nitrogens is 2. The molecule has 3 rings (SSSR count). The molecule has 0 radical (unpaired) electrons. The van der Waals surface area contributed by atoms with Crippen molar-refractivity contribution >= 4 is 23.2 Å². The molecule has 1 heterocycles. The van der Waals surface area contributed by atoms with E-state index in [9.17, 15) is 4.79 Å². The summed E-state index contributed by atoms with van der Waals surface area (Å²) in [6.07, 6.45) is 1.52. The fourth-order valence-corrected chi connectivity index (χ4v) is 2.70. The van der Waals surface area contributed by atoms with Gasteiger partial charge >= 0.3 is 0 Å². The molecule has 1 amide bonds. The van der Waals surface area contributed by atoms with Gasteiger partial charge in [0.2, 0.25) is 5.95 Å². The number of hydrogen-bond acceptors (Lipinski definition) is 6. The Balaban J connectivity index is 1.80. The largest absolute Gasteiger partial charge is 0.495 e. The van der Waals surface area contributed by atoms with E-state index >= 15 is 0 Å². The van der Waals surface area contributed by atoms with Gasteiger partial charge in [-0.15, -0.1) is 0 Å². The molecule has 0 unspecified atom stereocenters. The summed E-state index contributed by atoms with van der Waals surface area (Å²) in [5, 5.41) is 5.96. The van der Waals surface area contributed by atoms with E-state index in [4.69, 9.17) is 9.47 Å². The van der Waals surface area contributed by atoms with Crippen LogP contribution in [0.2, 0.25) is 0 Å². The number of ether oxygens (including phenoxy) is 2. The maximum absolute atomic E-state index is 12.7. The van der Waals surface area contributed by atoms with Gasteiger partial charge in [-0.05, 0) is 56.7 Å². The van der Waals surface area contributed by atoms with Crippen LogP contribution in [-0.2, 0) is 0 Å². The average molecular weight is 392 g/mol. The molecule has 7 heteroatoms. The Bertz CT molecular complexity index is 1000. The van der Waals surface area contributed by atoms with Crippen LogP contribution in [-0.4, -0.2) is 29.1 Å². The number of amides is 1. The number of benzene rings is 2. The Morgan fingerprint density at radius 1 is 1.03 bits per heavy atom. The molecule has 0 aliphatic carbocycles. The van der Waals surface area contributed by atoms with Gasteiger partial charge in [0.1, 0.15) is 17.2 Å². The van der Waals surface area contributed by atoms with E-state index < -0.39 is 0 Å². The minimum Gasteiger partial charge on any atom is -0.495 e. The van der Waals surface area contributed by atoms with Crippen molar-refractivity contribution in [1.82, 2.24) is 9.97 Å². The molecule has 0 aliphatic rings. The van der Waals surface area contributed by atoms with Crippen molar-refractivity contribution in [2.75, 3.05) is 17.7 Å². The Morgan fingerprint density at radius 2 is 1.83 bits per heavy atom. The minimum atomic E-state index is -0.355. The second-order valence-corrected chi connectivity index (χ2v) is 6.71. The van der Waals surface area contributed by atoms with Crippen LogP contribution in [0.5, 0.6) is 11.5 Å². The molecule has 0 fully saturated rings. The number of anilines is 3. The van der Waals surface area contributed by atoms with Crippen molar-refractivity contribution in [1.29, 1.82) is 0 Å². The Kier molecular flexibility index (Phi) is 6.29. The van der Waals surface area contributed by atoms with Crippen molar-refractivity contribution in [3.63, 3.8) is 0 Å². The third kappa shape index (κ3) is 5.22. The Hall–Kier alpha value is -3.61. The number of para-hydroxylation sites is 2. The fourth-order valence-electron chi connectivity index (χ4n) is 2.70. The van der Waals surface area contributed by atoms with Crippen molar-refractivity contribution in [2.24, 2.45) is 0 Å². The lowest BCUT2D eigenvalue weighted by molar-refractivity contribution is 0.102. The molecule has 1 aromatic heterocycles. The second-order valence-electron chi connectivity index (χ2n) is 6.71. The standard InChI is InChI=1S/C22H24N4O3/c1-14(2)29-20-8-6-5-7-16(20)24-21(27)17-11-12-23-22(25-17)26-18-13-15(3)9-10-19(18)28-4/h5-14H,1-4H3,(H,24,27)(H,23,25,26). The van der Waals surface area contributed by atoms with Gasteiger partial charge in [0.25, 0.3) is 5.91 Å². The van der Waals surface area contributed by atoms with Gasteiger partial charge in [-0.3, -0.25) is 4.79 Å². The zero-order chi connectivity index (χ0) is 20.8. The molecular weight excluding hydrogens is 368 g/mol. The number of carbonyl (C=O) groups excluding carboxylic acids is 1. The van der Waals surface area contributed by atoms with E-state index in [-0.39, 0.29) is 17.7 Å². The molecule has 0 saturated heterocycles. The number of rotatable bonds is 7. The first kappa shape index (κ1) is 20.1. The molecule has 2 N–H and O–H groups in total. The lowest BCUT2D eigenvalue weighted by Crippen LogP contribution is -2.16. The number of nitrogens with one attached hydrogen (secondary N) is 2. The molecule has 3 aromatic rings.